The first kappa shape index (κ1) is 11.6. The molecule has 0 bridgehead atoms. The quantitative estimate of drug-likeness (QED) is 0.574. The summed E-state index contributed by atoms with van der Waals surface area (Å²) in [4.78, 5) is 0. The largest absolute Gasteiger partial charge is 0.415 e. The molecule has 16 heavy (non-hydrogen) atoms. The van der Waals surface area contributed by atoms with Crippen LogP contribution in [0.5, 0.6) is 0 Å². The van der Waals surface area contributed by atoms with Crippen molar-refractivity contribution < 1.29 is 4.43 Å². The summed E-state index contributed by atoms with van der Waals surface area (Å²) in [7, 11) is -1.11. The molecule has 1 unspecified atom stereocenters. The van der Waals surface area contributed by atoms with Gasteiger partial charge in [-0.1, -0.05) is 30.7 Å². The summed E-state index contributed by atoms with van der Waals surface area (Å²) >= 11 is 0. The van der Waals surface area contributed by atoms with Gasteiger partial charge in [0.2, 0.25) is 9.04 Å². The molecule has 2 rings (SSSR count). The summed E-state index contributed by atoms with van der Waals surface area (Å²) < 4.78 is 5.99. The Bertz CT molecular complexity index is 367. The van der Waals surface area contributed by atoms with E-state index in [2.05, 4.69) is 31.7 Å². The Kier molecular flexibility index (Phi) is 3.96. The van der Waals surface area contributed by atoms with Gasteiger partial charge < -0.3 is 4.43 Å². The van der Waals surface area contributed by atoms with Crippen molar-refractivity contribution in [2.24, 2.45) is 0 Å². The molecule has 1 aliphatic heterocycles. The zero-order valence-corrected chi connectivity index (χ0v) is 11.2. The summed E-state index contributed by atoms with van der Waals surface area (Å²) in [6.07, 6.45) is 5.55. The Balaban J connectivity index is 2.25. The average Bonchev–Trinajstić information content (AvgIpc) is 2.33. The van der Waals surface area contributed by atoms with Crippen LogP contribution in [0.25, 0.3) is 0 Å². The highest BCUT2D eigenvalue weighted by atomic mass is 28.3. The summed E-state index contributed by atoms with van der Waals surface area (Å²) in [6.45, 7) is 7.03. The summed E-state index contributed by atoms with van der Waals surface area (Å²) in [5.74, 6) is 0. The molecule has 1 fully saturated rings. The monoisotopic (exact) mass is 232 g/mol. The Hall–Kier alpha value is -0.863. The van der Waals surface area contributed by atoms with Crippen LogP contribution in [-0.2, 0) is 10.8 Å². The van der Waals surface area contributed by atoms with Gasteiger partial charge >= 0.3 is 0 Å². The van der Waals surface area contributed by atoms with Crippen LogP contribution >= 0.6 is 0 Å². The van der Waals surface area contributed by atoms with Crippen molar-refractivity contribution in [2.75, 3.05) is 6.61 Å². The molecule has 0 amide bonds. The first-order chi connectivity index (χ1) is 7.83. The Labute approximate surface area is 99.9 Å². The van der Waals surface area contributed by atoms with Gasteiger partial charge in [-0.25, -0.2) is 0 Å². The topological polar surface area (TPSA) is 9.23 Å². The standard InChI is InChI=1S/C14H20OSi/c1-3-7-13-8-6-9-14(12(13)2)16-11-5-4-10-15-16/h3,6,8-9,16H,1,4-5,7,10-11H2,2H3. The normalized spacial score (nSPS) is 20.7. The molecule has 1 aromatic rings. The Morgan fingerprint density at radius 1 is 1.44 bits per heavy atom. The molecule has 0 N–H and O–H groups in total. The fraction of sp³-hybridized carbons (Fsp3) is 0.429. The first-order valence-electron chi connectivity index (χ1n) is 6.14. The summed E-state index contributed by atoms with van der Waals surface area (Å²) in [5, 5.41) is 1.51. The van der Waals surface area contributed by atoms with Crippen molar-refractivity contribution in [2.45, 2.75) is 32.2 Å². The number of hydrogen-bond donors (Lipinski definition) is 0. The lowest BCUT2D eigenvalue weighted by atomic mass is 10.1. The Morgan fingerprint density at radius 3 is 3.00 bits per heavy atom. The van der Waals surface area contributed by atoms with Crippen molar-refractivity contribution in [1.82, 2.24) is 0 Å². The van der Waals surface area contributed by atoms with Gasteiger partial charge in [0.15, 0.2) is 0 Å². The summed E-state index contributed by atoms with van der Waals surface area (Å²) in [6, 6.07) is 7.95. The van der Waals surface area contributed by atoms with Crippen LogP contribution in [0.15, 0.2) is 30.9 Å². The highest BCUT2D eigenvalue weighted by molar-refractivity contribution is 6.68. The van der Waals surface area contributed by atoms with E-state index in [1.165, 1.54) is 35.2 Å². The smallest absolute Gasteiger partial charge is 0.208 e. The second-order valence-electron chi connectivity index (χ2n) is 4.48. The van der Waals surface area contributed by atoms with Crippen molar-refractivity contribution >= 4 is 14.2 Å². The van der Waals surface area contributed by atoms with Gasteiger partial charge in [-0.2, -0.15) is 0 Å². The fourth-order valence-electron chi connectivity index (χ4n) is 2.41. The van der Waals surface area contributed by atoms with Crippen molar-refractivity contribution in [3.8, 4) is 0 Å². The van der Waals surface area contributed by atoms with Crippen LogP contribution in [-0.4, -0.2) is 15.6 Å². The zero-order chi connectivity index (χ0) is 11.4. The Morgan fingerprint density at radius 2 is 2.31 bits per heavy atom. The maximum Gasteiger partial charge on any atom is 0.208 e. The second-order valence-corrected chi connectivity index (χ2v) is 6.99. The minimum atomic E-state index is -1.11. The molecule has 0 spiro atoms. The molecule has 0 radical (unpaired) electrons. The minimum absolute atomic E-state index is 0.973. The lowest BCUT2D eigenvalue weighted by Crippen LogP contribution is -2.38. The highest BCUT2D eigenvalue weighted by Crippen LogP contribution is 2.15. The highest BCUT2D eigenvalue weighted by Gasteiger charge is 2.20. The molecule has 86 valence electrons. The van der Waals surface area contributed by atoms with E-state index in [1.807, 2.05) is 6.08 Å². The van der Waals surface area contributed by atoms with Gasteiger partial charge in [-0.3, -0.25) is 0 Å². The maximum absolute atomic E-state index is 5.99. The molecule has 1 atom stereocenters. The third-order valence-electron chi connectivity index (χ3n) is 3.38. The maximum atomic E-state index is 5.99. The molecule has 1 saturated heterocycles. The van der Waals surface area contributed by atoms with Gasteiger partial charge in [0, 0.05) is 6.61 Å². The number of allylic oxidation sites excluding steroid dienone is 1. The van der Waals surface area contributed by atoms with Gasteiger partial charge in [0.05, 0.1) is 0 Å². The molecule has 0 aromatic heterocycles. The van der Waals surface area contributed by atoms with Gasteiger partial charge in [0.1, 0.15) is 0 Å². The number of hydrogen-bond acceptors (Lipinski definition) is 1. The van der Waals surface area contributed by atoms with E-state index in [0.717, 1.165) is 13.0 Å². The van der Waals surface area contributed by atoms with Gasteiger partial charge in [-0.05, 0) is 42.1 Å². The molecule has 1 heterocycles. The van der Waals surface area contributed by atoms with Gasteiger partial charge in [-0.15, -0.1) is 6.58 Å². The van der Waals surface area contributed by atoms with E-state index < -0.39 is 9.04 Å². The zero-order valence-electron chi connectivity index (χ0n) is 10.0. The predicted molar refractivity (Wildman–Crippen MR) is 71.9 cm³/mol. The minimum Gasteiger partial charge on any atom is -0.415 e. The molecule has 1 aliphatic rings. The molecule has 1 nitrogen and oxygen atoms in total. The third-order valence-corrected chi connectivity index (χ3v) is 6.27. The van der Waals surface area contributed by atoms with Crippen molar-refractivity contribution in [3.63, 3.8) is 0 Å². The third kappa shape index (κ3) is 2.44. The van der Waals surface area contributed by atoms with Crippen LogP contribution in [0.4, 0.5) is 0 Å². The molecular weight excluding hydrogens is 212 g/mol. The average molecular weight is 232 g/mol. The van der Waals surface area contributed by atoms with Gasteiger partial charge in [0.25, 0.3) is 0 Å². The van der Waals surface area contributed by atoms with Crippen LogP contribution in [0.1, 0.15) is 24.0 Å². The SMILES string of the molecule is C=CCc1cccc([SiH]2CCCCO2)c1C. The molecule has 2 heteroatoms. The second kappa shape index (κ2) is 5.46. The van der Waals surface area contributed by atoms with Crippen molar-refractivity contribution in [1.29, 1.82) is 0 Å². The van der Waals surface area contributed by atoms with Crippen molar-refractivity contribution in [3.05, 3.63) is 42.0 Å². The molecule has 1 aromatic carbocycles. The van der Waals surface area contributed by atoms with E-state index >= 15 is 0 Å². The van der Waals surface area contributed by atoms with Crippen LogP contribution in [0.2, 0.25) is 6.04 Å². The first-order valence-corrected chi connectivity index (χ1v) is 8.00. The van der Waals surface area contributed by atoms with Crippen LogP contribution in [0.3, 0.4) is 0 Å². The lowest BCUT2D eigenvalue weighted by molar-refractivity contribution is 0.294. The van der Waals surface area contributed by atoms with E-state index in [9.17, 15) is 0 Å². The van der Waals surface area contributed by atoms with E-state index in [0.29, 0.717) is 0 Å². The van der Waals surface area contributed by atoms with E-state index in [4.69, 9.17) is 4.43 Å². The van der Waals surface area contributed by atoms with E-state index in [-0.39, 0.29) is 0 Å². The summed E-state index contributed by atoms with van der Waals surface area (Å²) in [5.41, 5.74) is 2.86. The molecule has 0 aliphatic carbocycles. The lowest BCUT2D eigenvalue weighted by Gasteiger charge is -2.23. The molecule has 0 saturated carbocycles. The predicted octanol–water partition coefficient (Wildman–Crippen LogP) is 2.46. The molecular formula is C14H20OSi. The van der Waals surface area contributed by atoms with Crippen LogP contribution in [0, 0.1) is 6.92 Å². The fourth-order valence-corrected chi connectivity index (χ4v) is 5.18. The number of benzene rings is 1. The van der Waals surface area contributed by atoms with Crippen LogP contribution < -0.4 is 5.19 Å². The number of rotatable bonds is 3. The van der Waals surface area contributed by atoms with E-state index in [1.54, 1.807) is 0 Å².